The van der Waals surface area contributed by atoms with Crippen LogP contribution in [0.4, 0.5) is 18.2 Å². The molecule has 2 rings (SSSR count). The first-order valence-corrected chi connectivity index (χ1v) is 11.1. The number of anilines is 1. The molecular formula is C18H22BrF3N4O2S2. The first-order chi connectivity index (χ1) is 14.0. The zero-order chi connectivity index (χ0) is 22.6. The van der Waals surface area contributed by atoms with Gasteiger partial charge in [0, 0.05) is 18.0 Å². The molecule has 6 nitrogen and oxygen atoms in total. The van der Waals surface area contributed by atoms with Gasteiger partial charge in [-0.1, -0.05) is 6.92 Å². The summed E-state index contributed by atoms with van der Waals surface area (Å²) in [7, 11) is 1.33. The van der Waals surface area contributed by atoms with Crippen LogP contribution in [0.2, 0.25) is 0 Å². The molecule has 30 heavy (non-hydrogen) atoms. The van der Waals surface area contributed by atoms with Gasteiger partial charge < -0.3 is 15.4 Å². The van der Waals surface area contributed by atoms with Crippen LogP contribution in [0.15, 0.2) is 4.47 Å². The smallest absolute Gasteiger partial charge is 0.436 e. The molecule has 0 aliphatic rings. The quantitative estimate of drug-likeness (QED) is 0.298. The van der Waals surface area contributed by atoms with E-state index in [0.29, 0.717) is 47.3 Å². The van der Waals surface area contributed by atoms with Crippen molar-refractivity contribution in [3.05, 3.63) is 31.9 Å². The summed E-state index contributed by atoms with van der Waals surface area (Å²) >= 11 is 9.67. The molecule has 0 fully saturated rings. The Hall–Kier alpha value is -1.66. The van der Waals surface area contributed by atoms with Gasteiger partial charge in [0.1, 0.15) is 5.00 Å². The highest BCUT2D eigenvalue weighted by molar-refractivity contribution is 9.10. The van der Waals surface area contributed by atoms with Crippen LogP contribution in [-0.2, 0) is 23.9 Å². The number of thiophene rings is 1. The fraction of sp³-hybridized carbons (Fsp3) is 0.500. The zero-order valence-corrected chi connectivity index (χ0v) is 20.1. The lowest BCUT2D eigenvalue weighted by Gasteiger charge is -2.11. The molecule has 2 aromatic rings. The van der Waals surface area contributed by atoms with E-state index in [2.05, 4.69) is 31.7 Å². The van der Waals surface area contributed by atoms with Crippen molar-refractivity contribution in [2.24, 2.45) is 0 Å². The summed E-state index contributed by atoms with van der Waals surface area (Å²) in [5, 5.41) is 10.6. The lowest BCUT2D eigenvalue weighted by Crippen LogP contribution is -2.30. The van der Waals surface area contributed by atoms with Crippen LogP contribution in [-0.4, -0.2) is 34.5 Å². The van der Waals surface area contributed by atoms with E-state index in [9.17, 15) is 18.0 Å². The second-order valence-corrected chi connectivity index (χ2v) is 8.82. The number of nitrogens with one attached hydrogen (secondary N) is 2. The molecule has 0 saturated carbocycles. The van der Waals surface area contributed by atoms with E-state index in [1.807, 2.05) is 13.8 Å². The van der Waals surface area contributed by atoms with Gasteiger partial charge in [0.15, 0.2) is 10.8 Å². The van der Waals surface area contributed by atoms with Gasteiger partial charge in [-0.3, -0.25) is 4.68 Å². The molecule has 0 unspecified atom stereocenters. The Balaban J connectivity index is 1.95. The predicted molar refractivity (Wildman–Crippen MR) is 118 cm³/mol. The largest absolute Gasteiger partial charge is 0.465 e. The Morgan fingerprint density at radius 1 is 1.37 bits per heavy atom. The number of aromatic nitrogens is 2. The summed E-state index contributed by atoms with van der Waals surface area (Å²) in [6.07, 6.45) is -3.32. The van der Waals surface area contributed by atoms with Gasteiger partial charge in [0.25, 0.3) is 0 Å². The third kappa shape index (κ3) is 5.52. The number of methoxy groups -OCH3 is 1. The van der Waals surface area contributed by atoms with Crippen molar-refractivity contribution in [3.63, 3.8) is 0 Å². The number of hydrogen-bond acceptors (Lipinski definition) is 5. The van der Waals surface area contributed by atoms with Crippen LogP contribution < -0.4 is 10.6 Å². The predicted octanol–water partition coefficient (Wildman–Crippen LogP) is 5.07. The van der Waals surface area contributed by atoms with Crippen molar-refractivity contribution < 1.29 is 22.7 Å². The number of nitrogens with zero attached hydrogens (tertiary/aromatic N) is 2. The number of aryl methyl sites for hydroxylation is 2. The number of ether oxygens (including phenoxy) is 1. The van der Waals surface area contributed by atoms with Crippen molar-refractivity contribution in [2.75, 3.05) is 19.0 Å². The minimum absolute atomic E-state index is 0.0460. The van der Waals surface area contributed by atoms with Crippen LogP contribution >= 0.6 is 39.5 Å². The number of carbonyl (C=O) groups excluding carboxylic acids is 1. The molecule has 0 aliphatic heterocycles. The molecule has 0 saturated heterocycles. The minimum atomic E-state index is -4.51. The van der Waals surface area contributed by atoms with Crippen LogP contribution in [0, 0.1) is 13.8 Å². The van der Waals surface area contributed by atoms with Crippen LogP contribution in [0.3, 0.4) is 0 Å². The Bertz CT molecular complexity index is 941. The fourth-order valence-corrected chi connectivity index (χ4v) is 4.83. The fourth-order valence-electron chi connectivity index (χ4n) is 2.91. The molecule has 2 N–H and O–H groups in total. The molecule has 2 heterocycles. The molecule has 0 radical (unpaired) electrons. The lowest BCUT2D eigenvalue weighted by molar-refractivity contribution is -0.142. The number of rotatable bonds is 7. The summed E-state index contributed by atoms with van der Waals surface area (Å²) in [6, 6.07) is 0. The van der Waals surface area contributed by atoms with E-state index >= 15 is 0 Å². The van der Waals surface area contributed by atoms with Crippen LogP contribution in [0.1, 0.15) is 45.5 Å². The molecule has 0 spiro atoms. The average Bonchev–Trinajstić information content (AvgIpc) is 3.14. The van der Waals surface area contributed by atoms with Crippen LogP contribution in [0.5, 0.6) is 0 Å². The van der Waals surface area contributed by atoms with Gasteiger partial charge in [0.05, 0.1) is 22.8 Å². The molecular weight excluding hydrogens is 505 g/mol. The molecule has 0 bridgehead atoms. The van der Waals surface area contributed by atoms with E-state index < -0.39 is 17.8 Å². The maximum Gasteiger partial charge on any atom is 0.436 e. The molecule has 12 heteroatoms. The van der Waals surface area contributed by atoms with Crippen molar-refractivity contribution in [1.29, 1.82) is 0 Å². The maximum atomic E-state index is 12.9. The van der Waals surface area contributed by atoms with E-state index in [0.717, 1.165) is 10.4 Å². The number of esters is 1. The minimum Gasteiger partial charge on any atom is -0.465 e. The monoisotopic (exact) mass is 526 g/mol. The van der Waals surface area contributed by atoms with Crippen molar-refractivity contribution in [2.45, 2.75) is 46.3 Å². The second kappa shape index (κ2) is 10.1. The van der Waals surface area contributed by atoms with Crippen molar-refractivity contribution in [1.82, 2.24) is 15.1 Å². The molecule has 0 amide bonds. The lowest BCUT2D eigenvalue weighted by atomic mass is 10.1. The summed E-state index contributed by atoms with van der Waals surface area (Å²) in [5.41, 5.74) is 0.868. The van der Waals surface area contributed by atoms with Gasteiger partial charge in [-0.15, -0.1) is 11.3 Å². The summed E-state index contributed by atoms with van der Waals surface area (Å²) in [4.78, 5) is 13.1. The summed E-state index contributed by atoms with van der Waals surface area (Å²) in [6.45, 7) is 6.17. The Morgan fingerprint density at radius 3 is 2.57 bits per heavy atom. The Morgan fingerprint density at radius 2 is 2.03 bits per heavy atom. The summed E-state index contributed by atoms with van der Waals surface area (Å²) < 4.78 is 45.0. The SMILES string of the molecule is CCc1c(C)sc(NC(=S)NCCCn2nc(C(F)(F)F)c(Br)c2C)c1C(=O)OC. The topological polar surface area (TPSA) is 68.2 Å². The normalized spacial score (nSPS) is 11.5. The third-order valence-corrected chi connectivity index (χ3v) is 6.67. The van der Waals surface area contributed by atoms with E-state index in [4.69, 9.17) is 17.0 Å². The van der Waals surface area contributed by atoms with Crippen molar-refractivity contribution in [3.8, 4) is 0 Å². The van der Waals surface area contributed by atoms with E-state index in [-0.39, 0.29) is 4.47 Å². The Labute approximate surface area is 190 Å². The zero-order valence-electron chi connectivity index (χ0n) is 16.9. The molecule has 166 valence electrons. The van der Waals surface area contributed by atoms with Gasteiger partial charge in [0.2, 0.25) is 0 Å². The standard InChI is InChI=1S/C18H22BrF3N4O2S2/c1-5-11-10(3)30-15(12(11)16(27)28-4)24-17(29)23-7-6-8-26-9(2)13(19)14(25-26)18(20,21)22/h5-8H2,1-4H3,(H2,23,24,29). The molecule has 0 aromatic carbocycles. The molecule has 2 aromatic heterocycles. The third-order valence-electron chi connectivity index (χ3n) is 4.41. The summed E-state index contributed by atoms with van der Waals surface area (Å²) in [5.74, 6) is -0.429. The van der Waals surface area contributed by atoms with Crippen molar-refractivity contribution >= 4 is 55.6 Å². The average molecular weight is 527 g/mol. The molecule has 0 aliphatic carbocycles. The first-order valence-electron chi connectivity index (χ1n) is 9.06. The maximum absolute atomic E-state index is 12.9. The Kier molecular flexibility index (Phi) is 8.28. The number of hydrogen-bond donors (Lipinski definition) is 2. The molecule has 0 atom stereocenters. The highest BCUT2D eigenvalue weighted by atomic mass is 79.9. The number of carbonyl (C=O) groups is 1. The van der Waals surface area contributed by atoms with Gasteiger partial charge in [-0.05, 0) is 60.4 Å². The number of thiocarbonyl (C=S) groups is 1. The van der Waals surface area contributed by atoms with Crippen LogP contribution in [0.25, 0.3) is 0 Å². The van der Waals surface area contributed by atoms with Gasteiger partial charge >= 0.3 is 12.1 Å². The first kappa shape index (κ1) is 24.6. The van der Waals surface area contributed by atoms with Gasteiger partial charge in [-0.2, -0.15) is 18.3 Å². The highest BCUT2D eigenvalue weighted by Gasteiger charge is 2.37. The van der Waals surface area contributed by atoms with Gasteiger partial charge in [-0.25, -0.2) is 4.79 Å². The number of halogens is 4. The van der Waals surface area contributed by atoms with E-state index in [1.165, 1.54) is 23.1 Å². The number of alkyl halides is 3. The second-order valence-electron chi connectivity index (χ2n) is 6.39. The highest BCUT2D eigenvalue weighted by Crippen LogP contribution is 2.36. The van der Waals surface area contributed by atoms with E-state index in [1.54, 1.807) is 6.92 Å².